The Kier molecular flexibility index (Phi) is 8.66. The number of nitrogens with zero attached hydrogens (tertiary/aromatic N) is 3. The lowest BCUT2D eigenvalue weighted by atomic mass is 9.99. The molecule has 1 aliphatic rings. The van der Waals surface area contributed by atoms with Gasteiger partial charge < -0.3 is 30.4 Å². The molecule has 6 N–H and O–H groups in total. The van der Waals surface area contributed by atoms with E-state index in [2.05, 4.69) is 0 Å². The first-order valence-electron chi connectivity index (χ1n) is 10.4. The van der Waals surface area contributed by atoms with Gasteiger partial charge in [-0.25, -0.2) is 13.8 Å². The number of nitrogens with one attached hydrogen (secondary N) is 1. The maximum Gasteiger partial charge on any atom is 0.332 e. The minimum absolute atomic E-state index is 0.131. The summed E-state index contributed by atoms with van der Waals surface area (Å²) in [6, 6.07) is 1.45. The van der Waals surface area contributed by atoms with Gasteiger partial charge in [-0.05, 0) is 12.8 Å². The highest BCUT2D eigenvalue weighted by Crippen LogP contribution is 2.44. The van der Waals surface area contributed by atoms with Gasteiger partial charge in [0.1, 0.15) is 23.8 Å². The summed E-state index contributed by atoms with van der Waals surface area (Å²) in [6.45, 7) is 1.06. The molecule has 12 nitrogen and oxygen atoms in total. The van der Waals surface area contributed by atoms with Crippen molar-refractivity contribution < 1.29 is 34.8 Å². The predicted molar refractivity (Wildman–Crippen MR) is 106 cm³/mol. The van der Waals surface area contributed by atoms with E-state index in [0.717, 1.165) is 25.7 Å². The lowest BCUT2D eigenvalue weighted by Gasteiger charge is -2.43. The molecule has 2 rings (SSSR count). The van der Waals surface area contributed by atoms with Crippen molar-refractivity contribution in [3.8, 4) is 6.07 Å². The Bertz CT molecular complexity index is 933. The molecule has 0 amide bonds. The quantitative estimate of drug-likeness (QED) is 0.105. The largest absolute Gasteiger partial charge is 0.394 e. The SMILES string of the molecule is CCCCCCCCC(F)N(O)[C@@]1(O)[C@H](O)[C@@H](CO)O[C@@]1(O)n1cc(C#N)c(=O)[nH]c1=O. The molecule has 0 saturated carbocycles. The second kappa shape index (κ2) is 10.6. The molecule has 1 aromatic rings. The van der Waals surface area contributed by atoms with Crippen LogP contribution >= 0.6 is 0 Å². The van der Waals surface area contributed by atoms with E-state index in [-0.39, 0.29) is 16.1 Å². The van der Waals surface area contributed by atoms with Crippen LogP contribution < -0.4 is 11.2 Å². The number of rotatable bonds is 11. The molecule has 0 aromatic carbocycles. The van der Waals surface area contributed by atoms with Gasteiger partial charge in [-0.3, -0.25) is 9.78 Å². The van der Waals surface area contributed by atoms with Gasteiger partial charge in [-0.2, -0.15) is 5.26 Å². The number of hydroxylamine groups is 2. The van der Waals surface area contributed by atoms with Crippen LogP contribution in [-0.4, -0.2) is 71.1 Å². The zero-order valence-electron chi connectivity index (χ0n) is 17.6. The van der Waals surface area contributed by atoms with Crippen LogP contribution in [0.4, 0.5) is 4.39 Å². The Morgan fingerprint density at radius 3 is 2.53 bits per heavy atom. The van der Waals surface area contributed by atoms with Crippen molar-refractivity contribution >= 4 is 0 Å². The number of aromatic nitrogens is 2. The number of alkyl halides is 1. The molecule has 1 unspecified atom stereocenters. The highest BCUT2D eigenvalue weighted by molar-refractivity contribution is 5.22. The molecule has 0 bridgehead atoms. The Morgan fingerprint density at radius 2 is 1.94 bits per heavy atom. The number of nitriles is 1. The van der Waals surface area contributed by atoms with Crippen molar-refractivity contribution in [2.45, 2.75) is 82.0 Å². The van der Waals surface area contributed by atoms with Crippen LogP contribution in [0.15, 0.2) is 15.8 Å². The third kappa shape index (κ3) is 4.62. The number of aliphatic hydroxyl groups is 4. The van der Waals surface area contributed by atoms with Crippen LogP contribution in [0.25, 0.3) is 0 Å². The molecule has 1 aromatic heterocycles. The molecule has 0 spiro atoms. The van der Waals surface area contributed by atoms with Gasteiger partial charge >= 0.3 is 11.6 Å². The summed E-state index contributed by atoms with van der Waals surface area (Å²) in [5, 5.41) is 61.1. The van der Waals surface area contributed by atoms with Gasteiger partial charge in [0.25, 0.3) is 5.56 Å². The van der Waals surface area contributed by atoms with Crippen LogP contribution in [0.1, 0.15) is 57.4 Å². The summed E-state index contributed by atoms with van der Waals surface area (Å²) in [7, 11) is 0. The Hall–Kier alpha value is -2.18. The van der Waals surface area contributed by atoms with E-state index in [1.807, 2.05) is 6.92 Å². The molecule has 5 atom stereocenters. The van der Waals surface area contributed by atoms with E-state index in [0.29, 0.717) is 19.0 Å². The summed E-state index contributed by atoms with van der Waals surface area (Å²) in [5.74, 6) is -3.38. The summed E-state index contributed by atoms with van der Waals surface area (Å²) in [5.41, 5.74) is -6.57. The first kappa shape index (κ1) is 26.1. The van der Waals surface area contributed by atoms with Crippen molar-refractivity contribution in [2.75, 3.05) is 6.61 Å². The van der Waals surface area contributed by atoms with Gasteiger partial charge in [0.2, 0.25) is 5.72 Å². The van der Waals surface area contributed by atoms with Gasteiger partial charge in [0.15, 0.2) is 6.30 Å². The number of aliphatic hydroxyl groups excluding tert-OH is 2. The maximum atomic E-state index is 14.8. The van der Waals surface area contributed by atoms with Crippen LogP contribution in [0, 0.1) is 11.3 Å². The van der Waals surface area contributed by atoms with Crippen molar-refractivity contribution in [1.82, 2.24) is 14.6 Å². The van der Waals surface area contributed by atoms with Gasteiger partial charge in [0.05, 0.1) is 6.61 Å². The molecule has 2 heterocycles. The van der Waals surface area contributed by atoms with E-state index < -0.39 is 53.6 Å². The lowest BCUT2D eigenvalue weighted by Crippen LogP contribution is -2.69. The fourth-order valence-electron chi connectivity index (χ4n) is 3.67. The maximum absolute atomic E-state index is 14.8. The van der Waals surface area contributed by atoms with E-state index in [1.165, 1.54) is 6.07 Å². The smallest absolute Gasteiger partial charge is 0.332 e. The van der Waals surface area contributed by atoms with Crippen molar-refractivity contribution in [2.24, 2.45) is 0 Å². The van der Waals surface area contributed by atoms with Crippen LogP contribution in [-0.2, 0) is 10.6 Å². The second-order valence-electron chi connectivity index (χ2n) is 7.74. The first-order valence-corrected chi connectivity index (χ1v) is 10.4. The molecular weight excluding hydrogens is 431 g/mol. The first-order chi connectivity index (χ1) is 15.1. The third-order valence-electron chi connectivity index (χ3n) is 5.54. The van der Waals surface area contributed by atoms with E-state index in [1.54, 1.807) is 4.98 Å². The minimum atomic E-state index is -3.39. The number of aromatic amines is 1. The van der Waals surface area contributed by atoms with E-state index in [9.17, 15) is 39.6 Å². The second-order valence-corrected chi connectivity index (χ2v) is 7.74. The van der Waals surface area contributed by atoms with Crippen LogP contribution in [0.3, 0.4) is 0 Å². The fourth-order valence-corrected chi connectivity index (χ4v) is 3.67. The monoisotopic (exact) mass is 460 g/mol. The fraction of sp³-hybridized carbons (Fsp3) is 0.737. The van der Waals surface area contributed by atoms with Gasteiger partial charge in [0, 0.05) is 6.20 Å². The Balaban J connectivity index is 2.38. The molecule has 13 heteroatoms. The summed E-state index contributed by atoms with van der Waals surface area (Å²) in [6.07, 6.45) is -1.32. The molecule has 180 valence electrons. The number of ether oxygens (including phenoxy) is 1. The van der Waals surface area contributed by atoms with Gasteiger partial charge in [-0.15, -0.1) is 5.06 Å². The minimum Gasteiger partial charge on any atom is -0.394 e. The van der Waals surface area contributed by atoms with E-state index in [4.69, 9.17) is 10.00 Å². The molecular formula is C19H29FN4O8. The number of halogens is 1. The highest BCUT2D eigenvalue weighted by Gasteiger charge is 2.71. The van der Waals surface area contributed by atoms with Crippen LogP contribution in [0.5, 0.6) is 0 Å². The zero-order chi connectivity index (χ0) is 24.1. The Labute approximate surface area is 182 Å². The molecule has 32 heavy (non-hydrogen) atoms. The summed E-state index contributed by atoms with van der Waals surface area (Å²) >= 11 is 0. The Morgan fingerprint density at radius 1 is 1.31 bits per heavy atom. The lowest BCUT2D eigenvalue weighted by molar-refractivity contribution is -0.428. The highest BCUT2D eigenvalue weighted by atomic mass is 19.1. The summed E-state index contributed by atoms with van der Waals surface area (Å²) < 4.78 is 20.0. The van der Waals surface area contributed by atoms with Crippen molar-refractivity contribution in [1.29, 1.82) is 5.26 Å². The van der Waals surface area contributed by atoms with Crippen LogP contribution in [0.2, 0.25) is 0 Å². The number of unbranched alkanes of at least 4 members (excludes halogenated alkanes) is 5. The summed E-state index contributed by atoms with van der Waals surface area (Å²) in [4.78, 5) is 25.7. The van der Waals surface area contributed by atoms with Crippen molar-refractivity contribution in [3.63, 3.8) is 0 Å². The van der Waals surface area contributed by atoms with Gasteiger partial charge in [-0.1, -0.05) is 39.0 Å². The topological polar surface area (TPSA) is 192 Å². The zero-order valence-corrected chi connectivity index (χ0v) is 17.6. The molecule has 0 aliphatic carbocycles. The van der Waals surface area contributed by atoms with Crippen molar-refractivity contribution in [3.05, 3.63) is 32.6 Å². The molecule has 1 aliphatic heterocycles. The molecule has 1 fully saturated rings. The third-order valence-corrected chi connectivity index (χ3v) is 5.54. The average molecular weight is 460 g/mol. The normalized spacial score (nSPS) is 28.7. The number of H-pyrrole nitrogens is 1. The average Bonchev–Trinajstić information content (AvgIpc) is 2.97. The molecule has 0 radical (unpaired) electrons. The molecule has 1 saturated heterocycles. The number of hydrogen-bond acceptors (Lipinski definition) is 10. The van der Waals surface area contributed by atoms with E-state index >= 15 is 0 Å². The standard InChI is InChI=1S/C19H29FN4O8/c1-2-3-4-5-6-7-8-14(20)24(31)18(29)15(26)13(11-25)32-19(18,30)23-10-12(9-21)16(27)22-17(23)28/h10,13-15,25-26,29-31H,2-8,11H2,1H3,(H,22,27,28)/t13-,14?,15-,18-,19-/m1/s1. The predicted octanol–water partition coefficient (Wildman–Crippen LogP) is -0.811. The number of hydrogen-bond donors (Lipinski definition) is 6.